The molecule has 0 unspecified atom stereocenters. The lowest BCUT2D eigenvalue weighted by molar-refractivity contribution is 0.0919. The zero-order chi connectivity index (χ0) is 17.4. The second kappa shape index (κ2) is 7.76. The third kappa shape index (κ3) is 3.48. The highest BCUT2D eigenvalue weighted by Gasteiger charge is 2.29. The number of fused-ring (bicyclic) bond motifs is 1. The van der Waals surface area contributed by atoms with E-state index in [-0.39, 0.29) is 36.2 Å². The van der Waals surface area contributed by atoms with Gasteiger partial charge in [-0.25, -0.2) is 9.07 Å². The molecule has 1 fully saturated rings. The normalized spacial score (nSPS) is 21.8. The molecule has 3 N–H and O–H groups in total. The van der Waals surface area contributed by atoms with Crippen molar-refractivity contribution in [2.45, 2.75) is 57.0 Å². The molecule has 1 saturated carbocycles. The van der Waals surface area contributed by atoms with Crippen molar-refractivity contribution < 1.29 is 9.18 Å². The quantitative estimate of drug-likeness (QED) is 0.862. The minimum atomic E-state index is -0.326. The van der Waals surface area contributed by atoms with E-state index in [2.05, 4.69) is 10.4 Å². The lowest BCUT2D eigenvalue weighted by Gasteiger charge is -2.26. The number of carbonyl (C=O) groups is 1. The van der Waals surface area contributed by atoms with Crippen molar-refractivity contribution in [3.63, 3.8) is 0 Å². The molecule has 0 radical (unpaired) electrons. The first-order valence-electron chi connectivity index (χ1n) is 9.05. The molecule has 0 spiro atoms. The molecule has 0 bridgehead atoms. The van der Waals surface area contributed by atoms with Crippen molar-refractivity contribution in [1.82, 2.24) is 15.1 Å². The number of para-hydroxylation sites is 1. The molecule has 2 aromatic rings. The molecule has 7 heteroatoms. The Labute approximate surface area is 158 Å². The Hall–Kier alpha value is -1.92. The fraction of sp³-hybridized carbons (Fsp3) is 0.474. The zero-order valence-electron chi connectivity index (χ0n) is 14.6. The number of nitrogens with two attached hydrogens (primary N) is 1. The Morgan fingerprint density at radius 2 is 1.92 bits per heavy atom. The summed E-state index contributed by atoms with van der Waals surface area (Å²) in [5.41, 5.74) is 8.71. The smallest absolute Gasteiger partial charge is 0.272 e. The van der Waals surface area contributed by atoms with E-state index in [9.17, 15) is 9.18 Å². The highest BCUT2D eigenvalue weighted by atomic mass is 35.5. The van der Waals surface area contributed by atoms with Gasteiger partial charge in [0, 0.05) is 23.3 Å². The van der Waals surface area contributed by atoms with Gasteiger partial charge < -0.3 is 11.1 Å². The molecule has 140 valence electrons. The summed E-state index contributed by atoms with van der Waals surface area (Å²) >= 11 is 0. The van der Waals surface area contributed by atoms with Gasteiger partial charge in [-0.2, -0.15) is 5.10 Å². The minimum absolute atomic E-state index is 0. The predicted octanol–water partition coefficient (Wildman–Crippen LogP) is 2.92. The number of amides is 1. The number of hydrogen-bond acceptors (Lipinski definition) is 3. The van der Waals surface area contributed by atoms with Gasteiger partial charge in [0.1, 0.15) is 11.5 Å². The van der Waals surface area contributed by atoms with Crippen LogP contribution in [0.25, 0.3) is 5.69 Å². The highest BCUT2D eigenvalue weighted by molar-refractivity contribution is 5.94. The molecule has 26 heavy (non-hydrogen) atoms. The monoisotopic (exact) mass is 378 g/mol. The maximum atomic E-state index is 14.2. The molecule has 1 aromatic carbocycles. The molecular formula is C19H24ClFN4O. The van der Waals surface area contributed by atoms with Crippen LogP contribution in [0, 0.1) is 5.82 Å². The van der Waals surface area contributed by atoms with Gasteiger partial charge in [0.25, 0.3) is 5.91 Å². The first-order valence-corrected chi connectivity index (χ1v) is 9.05. The lowest BCUT2D eigenvalue weighted by Crippen LogP contribution is -2.40. The van der Waals surface area contributed by atoms with Crippen LogP contribution in [0.5, 0.6) is 0 Å². The number of hydrogen-bond donors (Lipinski definition) is 2. The lowest BCUT2D eigenvalue weighted by atomic mass is 9.92. The van der Waals surface area contributed by atoms with Gasteiger partial charge in [-0.3, -0.25) is 4.79 Å². The summed E-state index contributed by atoms with van der Waals surface area (Å²) in [5.74, 6) is -0.471. The second-order valence-electron chi connectivity index (χ2n) is 7.08. The fourth-order valence-corrected chi connectivity index (χ4v) is 3.96. The molecule has 2 aliphatic rings. The molecule has 4 rings (SSSR count). The van der Waals surface area contributed by atoms with Crippen LogP contribution >= 0.6 is 12.4 Å². The molecule has 1 aromatic heterocycles. The topological polar surface area (TPSA) is 72.9 Å². The molecule has 1 heterocycles. The van der Waals surface area contributed by atoms with E-state index >= 15 is 0 Å². The molecule has 0 atom stereocenters. The van der Waals surface area contributed by atoms with E-state index in [0.29, 0.717) is 11.4 Å². The van der Waals surface area contributed by atoms with Gasteiger partial charge in [-0.1, -0.05) is 12.1 Å². The van der Waals surface area contributed by atoms with E-state index < -0.39 is 0 Å². The molecule has 2 aliphatic carbocycles. The number of nitrogens with one attached hydrogen (secondary N) is 1. The van der Waals surface area contributed by atoms with E-state index in [1.165, 1.54) is 6.07 Å². The summed E-state index contributed by atoms with van der Waals surface area (Å²) < 4.78 is 15.8. The van der Waals surface area contributed by atoms with E-state index in [1.54, 1.807) is 22.9 Å². The van der Waals surface area contributed by atoms with Crippen molar-refractivity contribution in [3.8, 4) is 5.69 Å². The third-order valence-electron chi connectivity index (χ3n) is 5.33. The molecule has 1 amide bonds. The highest BCUT2D eigenvalue weighted by Crippen LogP contribution is 2.29. The average molecular weight is 379 g/mol. The Balaban J connectivity index is 0.00000196. The number of nitrogens with zero attached hydrogens (tertiary/aromatic N) is 2. The standard InChI is InChI=1S/C19H23FN4O.ClH/c20-15-5-1-2-6-17(15)24-16-7-3-4-14(16)18(23-24)19(25)22-13-10-8-12(21)9-11-13;/h1-2,5-6,12-13H,3-4,7-11,21H2,(H,22,25);1H. The number of carbonyl (C=O) groups excluding carboxylic acids is 1. The summed E-state index contributed by atoms with van der Waals surface area (Å²) in [5, 5.41) is 7.58. The molecule has 0 aliphatic heterocycles. The van der Waals surface area contributed by atoms with E-state index in [1.807, 2.05) is 0 Å². The average Bonchev–Trinajstić information content (AvgIpc) is 3.20. The van der Waals surface area contributed by atoms with Crippen molar-refractivity contribution in [2.24, 2.45) is 5.73 Å². The largest absolute Gasteiger partial charge is 0.348 e. The van der Waals surface area contributed by atoms with Gasteiger partial charge in [-0.15, -0.1) is 12.4 Å². The number of rotatable bonds is 3. The van der Waals surface area contributed by atoms with Crippen LogP contribution in [0.1, 0.15) is 53.8 Å². The summed E-state index contributed by atoms with van der Waals surface area (Å²) in [6.45, 7) is 0. The second-order valence-corrected chi connectivity index (χ2v) is 7.08. The molecule has 5 nitrogen and oxygen atoms in total. The Morgan fingerprint density at radius 1 is 1.19 bits per heavy atom. The van der Waals surface area contributed by atoms with Crippen LogP contribution in [0.2, 0.25) is 0 Å². The predicted molar refractivity (Wildman–Crippen MR) is 100 cm³/mol. The third-order valence-corrected chi connectivity index (χ3v) is 5.33. The van der Waals surface area contributed by atoms with Crippen LogP contribution in [0.4, 0.5) is 4.39 Å². The fourth-order valence-electron chi connectivity index (χ4n) is 3.96. The maximum Gasteiger partial charge on any atom is 0.272 e. The van der Waals surface area contributed by atoms with Crippen molar-refractivity contribution in [1.29, 1.82) is 0 Å². The molecule has 0 saturated heterocycles. The minimum Gasteiger partial charge on any atom is -0.348 e. The van der Waals surface area contributed by atoms with E-state index in [0.717, 1.165) is 56.2 Å². The number of benzene rings is 1. The van der Waals surface area contributed by atoms with Crippen LogP contribution in [0.3, 0.4) is 0 Å². The Bertz CT molecular complexity index is 799. The summed E-state index contributed by atoms with van der Waals surface area (Å²) in [7, 11) is 0. The first-order chi connectivity index (χ1) is 12.1. The van der Waals surface area contributed by atoms with Crippen molar-refractivity contribution >= 4 is 18.3 Å². The van der Waals surface area contributed by atoms with Gasteiger partial charge in [0.2, 0.25) is 0 Å². The van der Waals surface area contributed by atoms with Crippen LogP contribution in [0.15, 0.2) is 24.3 Å². The van der Waals surface area contributed by atoms with Gasteiger partial charge >= 0.3 is 0 Å². The van der Waals surface area contributed by atoms with Crippen LogP contribution in [-0.4, -0.2) is 27.8 Å². The van der Waals surface area contributed by atoms with Crippen molar-refractivity contribution in [2.75, 3.05) is 0 Å². The SMILES string of the molecule is Cl.NC1CCC(NC(=O)c2nn(-c3ccccc3F)c3c2CCC3)CC1. The summed E-state index contributed by atoms with van der Waals surface area (Å²) in [6.07, 6.45) is 6.30. The van der Waals surface area contributed by atoms with Crippen LogP contribution < -0.4 is 11.1 Å². The molecular weight excluding hydrogens is 355 g/mol. The Kier molecular flexibility index (Phi) is 5.63. The van der Waals surface area contributed by atoms with Crippen LogP contribution in [-0.2, 0) is 12.8 Å². The first kappa shape index (κ1) is 18.9. The maximum absolute atomic E-state index is 14.2. The van der Waals surface area contributed by atoms with Gasteiger partial charge in [0.15, 0.2) is 5.69 Å². The van der Waals surface area contributed by atoms with Crippen molar-refractivity contribution in [3.05, 3.63) is 47.0 Å². The van der Waals surface area contributed by atoms with E-state index in [4.69, 9.17) is 5.73 Å². The number of aromatic nitrogens is 2. The zero-order valence-corrected chi connectivity index (χ0v) is 15.4. The number of halogens is 2. The van der Waals surface area contributed by atoms with Gasteiger partial charge in [-0.05, 0) is 57.1 Å². The Morgan fingerprint density at radius 3 is 2.65 bits per heavy atom. The summed E-state index contributed by atoms with van der Waals surface area (Å²) in [4.78, 5) is 12.8. The van der Waals surface area contributed by atoms with Gasteiger partial charge in [0.05, 0.1) is 0 Å². The summed E-state index contributed by atoms with van der Waals surface area (Å²) in [6, 6.07) is 6.96.